The van der Waals surface area contributed by atoms with Crippen LogP contribution in [0.25, 0.3) is 10.9 Å². The summed E-state index contributed by atoms with van der Waals surface area (Å²) in [5.41, 5.74) is 1.35. The van der Waals surface area contributed by atoms with Gasteiger partial charge in [-0.2, -0.15) is 0 Å². The number of hydrogen-bond donors (Lipinski definition) is 0. The van der Waals surface area contributed by atoms with Gasteiger partial charge in [0.25, 0.3) is 5.56 Å². The molecule has 3 aromatic rings. The molecule has 0 unspecified atom stereocenters. The van der Waals surface area contributed by atoms with Crippen molar-refractivity contribution in [1.82, 2.24) is 14.5 Å². The predicted molar refractivity (Wildman–Crippen MR) is 116 cm³/mol. The zero-order chi connectivity index (χ0) is 21.0. The lowest BCUT2D eigenvalue weighted by atomic mass is 9.90. The highest BCUT2D eigenvalue weighted by Crippen LogP contribution is 2.28. The number of ether oxygens (including phenoxy) is 1. The van der Waals surface area contributed by atoms with Gasteiger partial charge in [-0.15, -0.1) is 0 Å². The van der Waals surface area contributed by atoms with Crippen molar-refractivity contribution in [3.8, 4) is 0 Å². The lowest BCUT2D eigenvalue weighted by Crippen LogP contribution is -2.50. The molecule has 0 N–H and O–H groups in total. The number of benzene rings is 2. The molecule has 1 amide bonds. The van der Waals surface area contributed by atoms with Gasteiger partial charge in [0.2, 0.25) is 5.91 Å². The van der Waals surface area contributed by atoms with Crippen LogP contribution in [-0.2, 0) is 22.5 Å². The van der Waals surface area contributed by atoms with Crippen molar-refractivity contribution in [2.75, 3.05) is 20.2 Å². The van der Waals surface area contributed by atoms with Crippen LogP contribution < -0.4 is 5.56 Å². The molecule has 6 nitrogen and oxygen atoms in total. The number of methoxy groups -OCH3 is 1. The van der Waals surface area contributed by atoms with Gasteiger partial charge in [-0.1, -0.05) is 42.5 Å². The molecule has 0 atom stereocenters. The number of hydrogen-bond acceptors (Lipinski definition) is 4. The van der Waals surface area contributed by atoms with Crippen LogP contribution in [0.1, 0.15) is 24.8 Å². The van der Waals surface area contributed by atoms with E-state index in [-0.39, 0.29) is 11.5 Å². The van der Waals surface area contributed by atoms with Crippen LogP contribution in [0.2, 0.25) is 0 Å². The number of likely N-dealkylation sites (tertiary alicyclic amines) is 1. The molecule has 1 aliphatic heterocycles. The molecule has 1 aliphatic rings. The van der Waals surface area contributed by atoms with Crippen molar-refractivity contribution in [3.63, 3.8) is 0 Å². The first-order chi connectivity index (χ1) is 14.6. The molecule has 1 fully saturated rings. The van der Waals surface area contributed by atoms with Crippen molar-refractivity contribution >= 4 is 16.8 Å². The predicted octanol–water partition coefficient (Wildman–Crippen LogP) is 3.04. The first-order valence-electron chi connectivity index (χ1n) is 10.4. The van der Waals surface area contributed by atoms with E-state index >= 15 is 0 Å². The number of rotatable bonds is 6. The van der Waals surface area contributed by atoms with Crippen molar-refractivity contribution in [1.29, 1.82) is 0 Å². The fraction of sp³-hybridized carbons (Fsp3) is 0.375. The largest absolute Gasteiger partial charge is 0.376 e. The summed E-state index contributed by atoms with van der Waals surface area (Å²) in [6.07, 6.45) is 4.25. The topological polar surface area (TPSA) is 64.4 Å². The summed E-state index contributed by atoms with van der Waals surface area (Å²) in [5.74, 6) is 0.174. The molecule has 0 aliphatic carbocycles. The summed E-state index contributed by atoms with van der Waals surface area (Å²) in [7, 11) is 1.69. The summed E-state index contributed by atoms with van der Waals surface area (Å²) in [6.45, 7) is 1.71. The van der Waals surface area contributed by atoms with Crippen LogP contribution in [0, 0.1) is 0 Å². The summed E-state index contributed by atoms with van der Waals surface area (Å²) >= 11 is 0. The molecular weight excluding hydrogens is 378 g/mol. The summed E-state index contributed by atoms with van der Waals surface area (Å²) in [5, 5.41) is 0.611. The third-order valence-electron chi connectivity index (χ3n) is 6.12. The Bertz CT molecular complexity index is 1070. The zero-order valence-electron chi connectivity index (χ0n) is 17.3. The van der Waals surface area contributed by atoms with Gasteiger partial charge in [-0.05, 0) is 37.0 Å². The van der Waals surface area contributed by atoms with Gasteiger partial charge in [0.05, 0.1) is 29.4 Å². The Morgan fingerprint density at radius 1 is 1.07 bits per heavy atom. The van der Waals surface area contributed by atoms with Crippen molar-refractivity contribution in [2.45, 2.75) is 37.8 Å². The Hall–Kier alpha value is -2.99. The quantitative estimate of drug-likeness (QED) is 0.632. The number of aryl methyl sites for hydroxylation is 1. The highest BCUT2D eigenvalue weighted by Gasteiger charge is 2.36. The fourth-order valence-corrected chi connectivity index (χ4v) is 4.17. The third kappa shape index (κ3) is 4.28. The maximum Gasteiger partial charge on any atom is 0.261 e. The molecule has 2 heterocycles. The van der Waals surface area contributed by atoms with Crippen LogP contribution in [0.4, 0.5) is 0 Å². The second-order valence-electron chi connectivity index (χ2n) is 7.95. The van der Waals surface area contributed by atoms with E-state index in [0.29, 0.717) is 49.8 Å². The van der Waals surface area contributed by atoms with Crippen LogP contribution in [0.5, 0.6) is 0 Å². The standard InChI is InChI=1S/C24H27N3O3/c1-30-24(17-27-18-25-21-10-6-5-9-20(21)23(27)29)13-15-26(16-14-24)22(28)12-11-19-7-3-2-4-8-19/h2-10,18H,11-17H2,1H3. The molecule has 1 saturated heterocycles. The Kier molecular flexibility index (Phi) is 5.95. The van der Waals surface area contributed by atoms with Gasteiger partial charge in [0, 0.05) is 26.6 Å². The van der Waals surface area contributed by atoms with Gasteiger partial charge in [0.15, 0.2) is 0 Å². The van der Waals surface area contributed by atoms with Crippen LogP contribution in [0.3, 0.4) is 0 Å². The number of nitrogens with zero attached hydrogens (tertiary/aromatic N) is 3. The number of carbonyl (C=O) groups excluding carboxylic acids is 1. The number of piperidine rings is 1. The van der Waals surface area contributed by atoms with Gasteiger partial charge >= 0.3 is 0 Å². The van der Waals surface area contributed by atoms with Gasteiger partial charge in [-0.3, -0.25) is 14.2 Å². The second kappa shape index (κ2) is 8.79. The van der Waals surface area contributed by atoms with Crippen LogP contribution in [-0.4, -0.2) is 46.2 Å². The van der Waals surface area contributed by atoms with Crippen molar-refractivity contribution in [3.05, 3.63) is 76.8 Å². The molecule has 0 radical (unpaired) electrons. The minimum Gasteiger partial charge on any atom is -0.376 e. The average molecular weight is 405 g/mol. The zero-order valence-corrected chi connectivity index (χ0v) is 17.3. The number of aromatic nitrogens is 2. The normalized spacial score (nSPS) is 16.0. The molecule has 0 spiro atoms. The van der Waals surface area contributed by atoms with E-state index in [1.807, 2.05) is 41.3 Å². The molecule has 30 heavy (non-hydrogen) atoms. The van der Waals surface area contributed by atoms with E-state index in [1.54, 1.807) is 24.1 Å². The first-order valence-corrected chi connectivity index (χ1v) is 10.4. The highest BCUT2D eigenvalue weighted by molar-refractivity contribution is 5.77. The SMILES string of the molecule is COC1(Cn2cnc3ccccc3c2=O)CCN(C(=O)CCc2ccccc2)CC1. The molecular formula is C24H27N3O3. The lowest BCUT2D eigenvalue weighted by molar-refractivity contribution is -0.137. The minimum atomic E-state index is -0.468. The Morgan fingerprint density at radius 2 is 1.77 bits per heavy atom. The fourth-order valence-electron chi connectivity index (χ4n) is 4.17. The van der Waals surface area contributed by atoms with Gasteiger partial charge in [0.1, 0.15) is 0 Å². The smallest absolute Gasteiger partial charge is 0.261 e. The molecule has 2 aromatic carbocycles. The van der Waals surface area contributed by atoms with E-state index in [9.17, 15) is 9.59 Å². The van der Waals surface area contributed by atoms with E-state index in [0.717, 1.165) is 6.42 Å². The molecule has 0 bridgehead atoms. The Labute approximate surface area is 176 Å². The highest BCUT2D eigenvalue weighted by atomic mass is 16.5. The van der Waals surface area contributed by atoms with Gasteiger partial charge < -0.3 is 9.64 Å². The van der Waals surface area contributed by atoms with Crippen molar-refractivity contribution in [2.24, 2.45) is 0 Å². The molecule has 6 heteroatoms. The Balaban J connectivity index is 1.40. The van der Waals surface area contributed by atoms with Crippen LogP contribution >= 0.6 is 0 Å². The first kappa shape index (κ1) is 20.3. The Morgan fingerprint density at radius 3 is 2.50 bits per heavy atom. The summed E-state index contributed by atoms with van der Waals surface area (Å²) in [4.78, 5) is 31.8. The third-order valence-corrected chi connectivity index (χ3v) is 6.12. The van der Waals surface area contributed by atoms with E-state index in [1.165, 1.54) is 5.56 Å². The second-order valence-corrected chi connectivity index (χ2v) is 7.95. The minimum absolute atomic E-state index is 0.0570. The average Bonchev–Trinajstić information content (AvgIpc) is 2.80. The molecule has 0 saturated carbocycles. The lowest BCUT2D eigenvalue weighted by Gasteiger charge is -2.41. The monoisotopic (exact) mass is 405 g/mol. The maximum absolute atomic E-state index is 12.9. The number of carbonyl (C=O) groups is 1. The summed E-state index contributed by atoms with van der Waals surface area (Å²) in [6, 6.07) is 17.4. The van der Waals surface area contributed by atoms with Gasteiger partial charge in [-0.25, -0.2) is 4.98 Å². The van der Waals surface area contributed by atoms with E-state index in [4.69, 9.17) is 4.74 Å². The summed E-state index contributed by atoms with van der Waals surface area (Å²) < 4.78 is 7.52. The molecule has 4 rings (SSSR count). The van der Waals surface area contributed by atoms with Crippen LogP contribution in [0.15, 0.2) is 65.7 Å². The maximum atomic E-state index is 12.9. The van der Waals surface area contributed by atoms with E-state index < -0.39 is 5.60 Å². The van der Waals surface area contributed by atoms with Crippen molar-refractivity contribution < 1.29 is 9.53 Å². The number of amides is 1. The number of fused-ring (bicyclic) bond motifs is 1. The number of para-hydroxylation sites is 1. The van der Waals surface area contributed by atoms with E-state index in [2.05, 4.69) is 17.1 Å². The molecule has 1 aromatic heterocycles. The molecule has 156 valence electrons.